The average molecular weight is 236 g/mol. The van der Waals surface area contributed by atoms with Crippen molar-refractivity contribution in [3.05, 3.63) is 30.3 Å². The van der Waals surface area contributed by atoms with Gasteiger partial charge in [0.1, 0.15) is 0 Å². The predicted octanol–water partition coefficient (Wildman–Crippen LogP) is 1.86. The number of carbonyl (C=O) groups is 1. The first-order chi connectivity index (χ1) is 7.83. The molecule has 1 aromatic carbocycles. The van der Waals surface area contributed by atoms with Crippen LogP contribution in [0.25, 0.3) is 0 Å². The summed E-state index contributed by atoms with van der Waals surface area (Å²) in [5, 5.41) is 0.189. The third-order valence-electron chi connectivity index (χ3n) is 2.82. The van der Waals surface area contributed by atoms with E-state index in [1.54, 1.807) is 11.8 Å². The molecule has 0 saturated carbocycles. The first kappa shape index (κ1) is 10.3. The van der Waals surface area contributed by atoms with Crippen molar-refractivity contribution in [3.63, 3.8) is 0 Å². The van der Waals surface area contributed by atoms with Crippen molar-refractivity contribution in [2.24, 2.45) is 0 Å². The van der Waals surface area contributed by atoms with E-state index in [1.165, 1.54) is 4.90 Å². The lowest BCUT2D eigenvalue weighted by Gasteiger charge is -2.25. The predicted molar refractivity (Wildman–Crippen MR) is 60.3 cm³/mol. The first-order valence-electron chi connectivity index (χ1n) is 5.34. The third kappa shape index (κ3) is 1.88. The van der Waals surface area contributed by atoms with Crippen LogP contribution in [0.5, 0.6) is 0 Å². The van der Waals surface area contributed by atoms with E-state index in [9.17, 15) is 4.79 Å². The minimum atomic E-state index is -0.586. The molecule has 2 bridgehead atoms. The number of hydrogen-bond acceptors (Lipinski definition) is 4. The Hall–Kier alpha value is -0.840. The Morgan fingerprint density at radius 3 is 2.88 bits per heavy atom. The molecule has 0 spiro atoms. The molecule has 1 aromatic rings. The van der Waals surface area contributed by atoms with Crippen LogP contribution in [-0.4, -0.2) is 30.0 Å². The van der Waals surface area contributed by atoms with Crippen molar-refractivity contribution in [2.45, 2.75) is 29.0 Å². The van der Waals surface area contributed by atoms with Gasteiger partial charge in [0.05, 0.1) is 12.7 Å². The zero-order valence-electron chi connectivity index (χ0n) is 8.67. The molecular formula is C12H12O3S. The maximum atomic E-state index is 11.6. The van der Waals surface area contributed by atoms with E-state index in [-0.39, 0.29) is 17.1 Å². The maximum Gasteiger partial charge on any atom is 0.218 e. The Morgan fingerprint density at radius 1 is 1.25 bits per heavy atom. The summed E-state index contributed by atoms with van der Waals surface area (Å²) in [6.45, 7) is 0.543. The van der Waals surface area contributed by atoms with Crippen LogP contribution in [0, 0.1) is 0 Å². The summed E-state index contributed by atoms with van der Waals surface area (Å²) in [7, 11) is 0. The fourth-order valence-electron chi connectivity index (χ4n) is 2.00. The Labute approximate surface area is 98.1 Å². The lowest BCUT2D eigenvalue weighted by atomic mass is 10.1. The average Bonchev–Trinajstić information content (AvgIpc) is 2.73. The fraction of sp³-hybridized carbons (Fsp3) is 0.417. The summed E-state index contributed by atoms with van der Waals surface area (Å²) in [6, 6.07) is 10.1. The number of fused-ring (bicyclic) bond motifs is 2. The highest BCUT2D eigenvalue weighted by atomic mass is 32.2. The van der Waals surface area contributed by atoms with E-state index in [1.807, 2.05) is 18.2 Å². The molecule has 3 nitrogen and oxygen atoms in total. The molecule has 3 rings (SSSR count). The van der Waals surface area contributed by atoms with Crippen LogP contribution in [0.3, 0.4) is 0 Å². The van der Waals surface area contributed by atoms with Crippen LogP contribution in [0.1, 0.15) is 6.42 Å². The van der Waals surface area contributed by atoms with Crippen LogP contribution in [-0.2, 0) is 14.3 Å². The molecule has 2 fully saturated rings. The van der Waals surface area contributed by atoms with E-state index in [0.717, 1.165) is 0 Å². The van der Waals surface area contributed by atoms with E-state index >= 15 is 0 Å². The number of ether oxygens (including phenoxy) is 2. The SMILES string of the molecule is O=C1C[C@H](Sc2ccccc2)C2CO[C@@H]1O2. The van der Waals surface area contributed by atoms with Crippen molar-refractivity contribution >= 4 is 17.5 Å². The van der Waals surface area contributed by atoms with Crippen molar-refractivity contribution in [1.29, 1.82) is 0 Å². The van der Waals surface area contributed by atoms with E-state index in [4.69, 9.17) is 9.47 Å². The second-order valence-electron chi connectivity index (χ2n) is 3.98. The largest absolute Gasteiger partial charge is 0.343 e. The van der Waals surface area contributed by atoms with Crippen molar-refractivity contribution in [3.8, 4) is 0 Å². The smallest absolute Gasteiger partial charge is 0.218 e. The lowest BCUT2D eigenvalue weighted by Crippen LogP contribution is -2.37. The molecule has 3 atom stereocenters. The number of rotatable bonds is 2. The number of ketones is 1. The molecule has 2 aliphatic rings. The van der Waals surface area contributed by atoms with Gasteiger partial charge in [-0.2, -0.15) is 0 Å². The monoisotopic (exact) mass is 236 g/mol. The molecule has 2 aliphatic heterocycles. The van der Waals surface area contributed by atoms with Gasteiger partial charge in [-0.25, -0.2) is 0 Å². The Balaban J connectivity index is 1.73. The van der Waals surface area contributed by atoms with Crippen LogP contribution in [0.2, 0.25) is 0 Å². The second-order valence-corrected chi connectivity index (χ2v) is 5.29. The van der Waals surface area contributed by atoms with Crippen molar-refractivity contribution < 1.29 is 14.3 Å². The van der Waals surface area contributed by atoms with Crippen molar-refractivity contribution in [1.82, 2.24) is 0 Å². The Bertz CT molecular complexity index is 393. The van der Waals surface area contributed by atoms with Gasteiger partial charge in [-0.05, 0) is 12.1 Å². The zero-order valence-corrected chi connectivity index (χ0v) is 9.48. The van der Waals surface area contributed by atoms with Crippen LogP contribution in [0.15, 0.2) is 35.2 Å². The molecule has 0 aromatic heterocycles. The molecular weight excluding hydrogens is 224 g/mol. The van der Waals surface area contributed by atoms with Gasteiger partial charge in [0, 0.05) is 16.6 Å². The van der Waals surface area contributed by atoms with E-state index in [0.29, 0.717) is 13.0 Å². The van der Waals surface area contributed by atoms with Crippen molar-refractivity contribution in [2.75, 3.05) is 6.61 Å². The molecule has 0 N–H and O–H groups in total. The molecule has 16 heavy (non-hydrogen) atoms. The highest BCUT2D eigenvalue weighted by molar-refractivity contribution is 8.00. The molecule has 0 aliphatic carbocycles. The summed E-state index contributed by atoms with van der Waals surface area (Å²) in [4.78, 5) is 12.8. The molecule has 0 amide bonds. The molecule has 1 unspecified atom stereocenters. The summed E-state index contributed by atoms with van der Waals surface area (Å²) in [5.74, 6) is 0.0715. The van der Waals surface area contributed by atoms with Gasteiger partial charge in [0.15, 0.2) is 5.78 Å². The van der Waals surface area contributed by atoms with Gasteiger partial charge in [-0.1, -0.05) is 18.2 Å². The highest BCUT2D eigenvalue weighted by Gasteiger charge is 2.43. The number of carbonyl (C=O) groups excluding carboxylic acids is 1. The van der Waals surface area contributed by atoms with Crippen LogP contribution < -0.4 is 0 Å². The first-order valence-corrected chi connectivity index (χ1v) is 6.22. The van der Waals surface area contributed by atoms with Crippen LogP contribution >= 0.6 is 11.8 Å². The van der Waals surface area contributed by atoms with E-state index < -0.39 is 6.29 Å². The quantitative estimate of drug-likeness (QED) is 0.785. The maximum absolute atomic E-state index is 11.6. The van der Waals surface area contributed by atoms with Gasteiger partial charge in [-0.15, -0.1) is 11.8 Å². The summed E-state index contributed by atoms with van der Waals surface area (Å²) < 4.78 is 10.8. The second kappa shape index (κ2) is 4.20. The summed E-state index contributed by atoms with van der Waals surface area (Å²) in [6.07, 6.45) is 0.0278. The Kier molecular flexibility index (Phi) is 2.71. The molecule has 2 heterocycles. The lowest BCUT2D eigenvalue weighted by molar-refractivity contribution is -0.151. The van der Waals surface area contributed by atoms with Crippen LogP contribution in [0.4, 0.5) is 0 Å². The molecule has 0 radical (unpaired) electrons. The summed E-state index contributed by atoms with van der Waals surface area (Å²) in [5.41, 5.74) is 0. The van der Waals surface area contributed by atoms with Gasteiger partial charge in [0.25, 0.3) is 0 Å². The van der Waals surface area contributed by atoms with Gasteiger partial charge >= 0.3 is 0 Å². The summed E-state index contributed by atoms with van der Waals surface area (Å²) >= 11 is 1.70. The number of Topliss-reactive ketones (excluding diaryl/α,β-unsaturated/α-hetero) is 1. The highest BCUT2D eigenvalue weighted by Crippen LogP contribution is 2.36. The topological polar surface area (TPSA) is 35.5 Å². The molecule has 2 saturated heterocycles. The minimum Gasteiger partial charge on any atom is -0.343 e. The number of benzene rings is 1. The molecule has 4 heteroatoms. The van der Waals surface area contributed by atoms with Gasteiger partial charge in [0.2, 0.25) is 6.29 Å². The van der Waals surface area contributed by atoms with E-state index in [2.05, 4.69) is 12.1 Å². The van der Waals surface area contributed by atoms with Gasteiger partial charge < -0.3 is 9.47 Å². The Morgan fingerprint density at radius 2 is 2.06 bits per heavy atom. The zero-order chi connectivity index (χ0) is 11.0. The number of hydrogen-bond donors (Lipinski definition) is 0. The third-order valence-corrected chi connectivity index (χ3v) is 4.14. The normalized spacial score (nSPS) is 33.0. The van der Waals surface area contributed by atoms with Gasteiger partial charge in [-0.3, -0.25) is 4.79 Å². The minimum absolute atomic E-state index is 0.0629. The molecule has 84 valence electrons. The standard InChI is InChI=1S/C12H12O3S/c13-9-6-11(10-7-14-12(9)15-10)16-8-4-2-1-3-5-8/h1-5,10-12H,6-7H2/t10?,11-,12+/m0/s1. The fourth-order valence-corrected chi connectivity index (χ4v) is 3.21. The number of thioether (sulfide) groups is 1.